The first-order valence-corrected chi connectivity index (χ1v) is 11.2. The van der Waals surface area contributed by atoms with Gasteiger partial charge in [-0.05, 0) is 36.4 Å². The zero-order valence-corrected chi connectivity index (χ0v) is 20.4. The van der Waals surface area contributed by atoms with Crippen LogP contribution in [0.3, 0.4) is 0 Å². The first kappa shape index (κ1) is 29.8. The fraction of sp³-hybridized carbons (Fsp3) is 0.120. The summed E-state index contributed by atoms with van der Waals surface area (Å²) in [5.41, 5.74) is -10.4. The number of rotatable bonds is 13. The molecule has 0 saturated heterocycles. The van der Waals surface area contributed by atoms with Crippen molar-refractivity contribution in [2.75, 3.05) is 6.61 Å². The molecule has 3 aromatic carbocycles. The maximum absolute atomic E-state index is 13.9. The van der Waals surface area contributed by atoms with Crippen molar-refractivity contribution >= 4 is 40.9 Å². The van der Waals surface area contributed by atoms with Gasteiger partial charge < -0.3 is 14.9 Å². The number of nitro groups is 3. The van der Waals surface area contributed by atoms with E-state index in [4.69, 9.17) is 4.74 Å². The quantitative estimate of drug-likeness (QED) is 0.0987. The predicted octanol–water partition coefficient (Wildman–Crippen LogP) is 1.99. The van der Waals surface area contributed by atoms with Crippen molar-refractivity contribution in [2.45, 2.75) is 11.2 Å². The van der Waals surface area contributed by atoms with Crippen LogP contribution in [-0.4, -0.2) is 66.6 Å². The second-order valence-corrected chi connectivity index (χ2v) is 8.31. The first-order valence-electron chi connectivity index (χ1n) is 11.2. The number of nitro benzene ring substituents is 3. The molecule has 1 unspecified atom stereocenters. The molecule has 0 saturated carbocycles. The molecule has 3 rings (SSSR count). The van der Waals surface area contributed by atoms with Crippen LogP contribution in [0.15, 0.2) is 72.8 Å². The van der Waals surface area contributed by atoms with Crippen LogP contribution >= 0.6 is 0 Å². The molecule has 0 amide bonds. The molecule has 1 atom stereocenters. The van der Waals surface area contributed by atoms with Crippen LogP contribution in [0.2, 0.25) is 0 Å². The highest BCUT2D eigenvalue weighted by Crippen LogP contribution is 2.37. The van der Waals surface area contributed by atoms with E-state index in [1.807, 2.05) is 0 Å². The van der Waals surface area contributed by atoms with E-state index in [2.05, 4.69) is 0 Å². The summed E-state index contributed by atoms with van der Waals surface area (Å²) in [7, 11) is 0. The summed E-state index contributed by atoms with van der Waals surface area (Å²) < 4.78 is 4.89. The number of ether oxygens (including phenoxy) is 1. The number of carbonyl (C=O) groups excluding carboxylic acids is 4. The van der Waals surface area contributed by atoms with Crippen LogP contribution in [0.25, 0.3) is 0 Å². The molecule has 210 valence electrons. The van der Waals surface area contributed by atoms with Gasteiger partial charge in [0, 0.05) is 53.1 Å². The summed E-state index contributed by atoms with van der Waals surface area (Å²) in [6.07, 6.45) is 0. The van der Waals surface area contributed by atoms with Gasteiger partial charge >= 0.3 is 0 Å². The lowest BCUT2D eigenvalue weighted by Crippen LogP contribution is -2.70. The van der Waals surface area contributed by atoms with Crippen molar-refractivity contribution in [3.05, 3.63) is 120 Å². The fourth-order valence-electron chi connectivity index (χ4n) is 3.95. The van der Waals surface area contributed by atoms with Crippen molar-refractivity contribution in [3.63, 3.8) is 0 Å². The topological polar surface area (TPSA) is 247 Å². The zero-order chi connectivity index (χ0) is 30.5. The Kier molecular flexibility index (Phi) is 8.40. The highest BCUT2D eigenvalue weighted by atomic mass is 16.6. The van der Waals surface area contributed by atoms with Crippen LogP contribution in [0.1, 0.15) is 31.1 Å². The summed E-state index contributed by atoms with van der Waals surface area (Å²) in [5.74, 6) is -4.79. The molecule has 16 heteroatoms. The van der Waals surface area contributed by atoms with E-state index in [1.165, 1.54) is 0 Å². The molecule has 0 fully saturated rings. The van der Waals surface area contributed by atoms with E-state index in [0.717, 1.165) is 72.8 Å². The first-order chi connectivity index (χ1) is 19.3. The number of hydrogen-bond acceptors (Lipinski definition) is 13. The van der Waals surface area contributed by atoms with Gasteiger partial charge in [0.25, 0.3) is 29.1 Å². The van der Waals surface area contributed by atoms with E-state index in [1.54, 1.807) is 0 Å². The van der Waals surface area contributed by atoms with Crippen molar-refractivity contribution in [1.29, 1.82) is 0 Å². The van der Waals surface area contributed by atoms with Gasteiger partial charge in [-0.1, -0.05) is 0 Å². The van der Waals surface area contributed by atoms with Gasteiger partial charge in [0.2, 0.25) is 23.0 Å². The highest BCUT2D eigenvalue weighted by Gasteiger charge is 2.67. The van der Waals surface area contributed by atoms with Crippen molar-refractivity contribution < 1.29 is 48.9 Å². The predicted molar refractivity (Wildman–Crippen MR) is 134 cm³/mol. The Morgan fingerprint density at radius 1 is 0.659 bits per heavy atom. The monoisotopic (exact) mass is 567 g/mol. The van der Waals surface area contributed by atoms with E-state index < -0.39 is 90.2 Å². The van der Waals surface area contributed by atoms with Gasteiger partial charge in [-0.15, -0.1) is 0 Å². The fourth-order valence-corrected chi connectivity index (χ4v) is 3.95. The van der Waals surface area contributed by atoms with Crippen LogP contribution in [0, 0.1) is 30.3 Å². The smallest absolute Gasteiger partial charge is 0.294 e. The SMILES string of the molecule is O=COC(C(=O)c1ccc([N+](=O)[O-])cc1)(C(=O)c1ccc([N+](=O)[O-])cc1)C(O)(CO)C(=O)c1ccc([N+](=O)[O-])cc1. The summed E-state index contributed by atoms with van der Waals surface area (Å²) in [4.78, 5) is 83.9. The van der Waals surface area contributed by atoms with Gasteiger partial charge in [-0.3, -0.25) is 49.5 Å². The molecule has 0 bridgehead atoms. The third-order valence-electron chi connectivity index (χ3n) is 6.07. The minimum atomic E-state index is -3.60. The minimum Gasteiger partial charge on any atom is -0.440 e. The lowest BCUT2D eigenvalue weighted by Gasteiger charge is -2.40. The van der Waals surface area contributed by atoms with Gasteiger partial charge in [-0.2, -0.15) is 0 Å². The average molecular weight is 567 g/mol. The Labute approximate surface area is 227 Å². The average Bonchev–Trinajstić information content (AvgIpc) is 2.98. The molecule has 0 aliphatic carbocycles. The van der Waals surface area contributed by atoms with Gasteiger partial charge in [0.1, 0.15) is 0 Å². The van der Waals surface area contributed by atoms with E-state index in [9.17, 15) is 59.7 Å². The Morgan fingerprint density at radius 3 is 1.20 bits per heavy atom. The Morgan fingerprint density at radius 2 is 0.951 bits per heavy atom. The number of ketones is 3. The van der Waals surface area contributed by atoms with Crippen LogP contribution in [0.5, 0.6) is 0 Å². The number of Topliss-reactive ketones (excluding diaryl/α,β-unsaturated/α-hetero) is 3. The second kappa shape index (κ2) is 11.6. The Bertz CT molecular complexity index is 1480. The molecule has 3 aromatic rings. The Hall–Kier alpha value is -5.74. The Balaban J connectivity index is 2.32. The molecule has 2 N–H and O–H groups in total. The number of carbonyl (C=O) groups is 4. The number of aliphatic hydroxyl groups is 2. The van der Waals surface area contributed by atoms with E-state index >= 15 is 0 Å². The molecule has 0 aliphatic rings. The zero-order valence-electron chi connectivity index (χ0n) is 20.4. The summed E-state index contributed by atoms with van der Waals surface area (Å²) in [6.45, 7) is -2.19. The third-order valence-corrected chi connectivity index (χ3v) is 6.07. The maximum atomic E-state index is 13.9. The van der Waals surface area contributed by atoms with Crippen molar-refractivity contribution in [2.24, 2.45) is 0 Å². The minimum absolute atomic E-state index is 0.462. The van der Waals surface area contributed by atoms with Crippen LogP contribution in [-0.2, 0) is 9.53 Å². The third kappa shape index (κ3) is 5.27. The lowest BCUT2D eigenvalue weighted by molar-refractivity contribution is -0.385. The molecule has 41 heavy (non-hydrogen) atoms. The van der Waals surface area contributed by atoms with Crippen LogP contribution < -0.4 is 0 Å². The summed E-state index contributed by atoms with van der Waals surface area (Å²) in [6, 6.07) is 10.1. The van der Waals surface area contributed by atoms with Crippen molar-refractivity contribution in [1.82, 2.24) is 0 Å². The number of benzene rings is 3. The van der Waals surface area contributed by atoms with E-state index in [-0.39, 0.29) is 0 Å². The number of nitrogens with zero attached hydrogens (tertiary/aromatic N) is 3. The van der Waals surface area contributed by atoms with Gasteiger partial charge in [-0.25, -0.2) is 0 Å². The number of hydrogen-bond donors (Lipinski definition) is 2. The lowest BCUT2D eigenvalue weighted by atomic mass is 9.69. The molecule has 16 nitrogen and oxygen atoms in total. The molecular weight excluding hydrogens is 550 g/mol. The largest absolute Gasteiger partial charge is 0.440 e. The summed E-state index contributed by atoms with van der Waals surface area (Å²) in [5, 5.41) is 55.0. The van der Waals surface area contributed by atoms with Crippen LogP contribution in [0.4, 0.5) is 17.1 Å². The highest BCUT2D eigenvalue weighted by molar-refractivity contribution is 6.28. The molecule has 0 heterocycles. The maximum Gasteiger partial charge on any atom is 0.294 e. The second-order valence-electron chi connectivity index (χ2n) is 8.31. The molecule has 0 aliphatic heterocycles. The van der Waals surface area contributed by atoms with Gasteiger partial charge in [0.15, 0.2) is 0 Å². The van der Waals surface area contributed by atoms with Gasteiger partial charge in [0.05, 0.1) is 21.4 Å². The normalized spacial score (nSPS) is 12.4. The molecule has 0 aromatic heterocycles. The standard InChI is InChI=1S/C25H17N3O13/c29-13-24(34,21(31)15-1-7-18(8-2-15)26(35)36)25(41-14-30,22(32)16-3-9-19(10-4-16)27(37)38)23(33)17-5-11-20(12-6-17)28(39)40/h1-12,14,29,34H,13H2. The summed E-state index contributed by atoms with van der Waals surface area (Å²) >= 11 is 0. The number of non-ortho nitro benzene ring substituents is 3. The van der Waals surface area contributed by atoms with E-state index in [0.29, 0.717) is 0 Å². The number of aliphatic hydroxyl groups excluding tert-OH is 1. The molecule has 0 spiro atoms. The molecule has 0 radical (unpaired) electrons. The molecular formula is C25H17N3O13. The van der Waals surface area contributed by atoms with Crippen molar-refractivity contribution in [3.8, 4) is 0 Å².